The number of nitro groups is 1. The Kier molecular flexibility index (Phi) is 8.13. The Balaban J connectivity index is 2.34. The number of nitrogens with zero attached hydrogens (tertiary/aromatic N) is 3. The van der Waals surface area contributed by atoms with Gasteiger partial charge in [-0.1, -0.05) is 0 Å². The van der Waals surface area contributed by atoms with Gasteiger partial charge in [-0.3, -0.25) is 20.4 Å². The first-order chi connectivity index (χ1) is 10.9. The van der Waals surface area contributed by atoms with Crippen molar-refractivity contribution in [1.82, 2.24) is 10.2 Å². The van der Waals surface area contributed by atoms with Crippen molar-refractivity contribution in [2.75, 3.05) is 32.9 Å². The molecule has 0 spiro atoms. The van der Waals surface area contributed by atoms with Gasteiger partial charge in [-0.2, -0.15) is 11.8 Å². The third-order valence-corrected chi connectivity index (χ3v) is 3.46. The number of amidine groups is 1. The van der Waals surface area contributed by atoms with E-state index in [9.17, 15) is 14.9 Å². The summed E-state index contributed by atoms with van der Waals surface area (Å²) in [6.07, 6.45) is -1.36. The van der Waals surface area contributed by atoms with E-state index in [1.807, 2.05) is 36.4 Å². The number of rotatable bonds is 9. The average Bonchev–Trinajstić information content (AvgIpc) is 2.83. The molecular formula is C13H20N4O5S. The van der Waals surface area contributed by atoms with Gasteiger partial charge in [-0.15, -0.1) is 0 Å². The molecule has 1 heterocycles. The minimum absolute atomic E-state index is 0.158. The summed E-state index contributed by atoms with van der Waals surface area (Å²) >= 11 is 1.56. The minimum Gasteiger partial charge on any atom is -0.465 e. The highest BCUT2D eigenvalue weighted by Gasteiger charge is 2.10. The summed E-state index contributed by atoms with van der Waals surface area (Å²) in [6.45, 7) is 0.391. The quantitative estimate of drug-likeness (QED) is 0.229. The Morgan fingerprint density at radius 2 is 2.17 bits per heavy atom. The van der Waals surface area contributed by atoms with E-state index in [0.717, 1.165) is 18.1 Å². The Bertz CT molecular complexity index is 540. The van der Waals surface area contributed by atoms with Crippen LogP contribution in [0.1, 0.15) is 11.5 Å². The lowest BCUT2D eigenvalue weighted by Crippen LogP contribution is -2.34. The van der Waals surface area contributed by atoms with Gasteiger partial charge in [0, 0.05) is 10.7 Å². The molecule has 0 saturated carbocycles. The van der Waals surface area contributed by atoms with Crippen molar-refractivity contribution >= 4 is 23.7 Å². The number of hydrogen-bond donors (Lipinski definition) is 2. The first-order valence-electron chi connectivity index (χ1n) is 6.82. The molecule has 1 aromatic rings. The molecule has 23 heavy (non-hydrogen) atoms. The Morgan fingerprint density at radius 3 is 2.78 bits per heavy atom. The van der Waals surface area contributed by atoms with E-state index in [-0.39, 0.29) is 5.84 Å². The van der Waals surface area contributed by atoms with Gasteiger partial charge in [0.05, 0.1) is 18.8 Å². The maximum Gasteiger partial charge on any atom is 0.410 e. The summed E-state index contributed by atoms with van der Waals surface area (Å²) in [4.78, 5) is 26.2. The molecule has 0 fully saturated rings. The van der Waals surface area contributed by atoms with Crippen molar-refractivity contribution in [3.05, 3.63) is 33.8 Å². The van der Waals surface area contributed by atoms with Crippen molar-refractivity contribution in [3.8, 4) is 0 Å². The van der Waals surface area contributed by atoms with Gasteiger partial charge < -0.3 is 14.4 Å². The van der Waals surface area contributed by atoms with Crippen molar-refractivity contribution in [2.45, 2.75) is 12.3 Å². The molecule has 10 heteroatoms. The van der Waals surface area contributed by atoms with E-state index in [0.29, 0.717) is 18.1 Å². The summed E-state index contributed by atoms with van der Waals surface area (Å²) in [5.74, 6) is 2.86. The molecule has 0 bridgehead atoms. The van der Waals surface area contributed by atoms with Crippen molar-refractivity contribution in [3.63, 3.8) is 0 Å². The molecule has 0 saturated heterocycles. The third-order valence-electron chi connectivity index (χ3n) is 2.50. The molecule has 128 valence electrons. The number of aliphatic imine (C=N–C) groups is 1. The van der Waals surface area contributed by atoms with Crippen molar-refractivity contribution < 1.29 is 19.2 Å². The lowest BCUT2D eigenvalue weighted by molar-refractivity contribution is -0.463. The van der Waals surface area contributed by atoms with Gasteiger partial charge in [-0.25, -0.2) is 4.79 Å². The zero-order valence-corrected chi connectivity index (χ0v) is 13.8. The normalized spacial score (nSPS) is 11.7. The Morgan fingerprint density at radius 1 is 1.48 bits per heavy atom. The number of thioether (sulfide) groups is 1. The number of carbonyl (C=O) groups is 1. The van der Waals surface area contributed by atoms with Crippen molar-refractivity contribution in [1.29, 1.82) is 0 Å². The van der Waals surface area contributed by atoms with Gasteiger partial charge in [-0.05, 0) is 26.2 Å². The maximum absolute atomic E-state index is 10.5. The smallest absolute Gasteiger partial charge is 0.410 e. The molecule has 9 nitrogen and oxygen atoms in total. The summed E-state index contributed by atoms with van der Waals surface area (Å²) in [5.41, 5.74) is 0. The zero-order valence-electron chi connectivity index (χ0n) is 13.0. The van der Waals surface area contributed by atoms with Crippen LogP contribution < -0.4 is 5.32 Å². The van der Waals surface area contributed by atoms with E-state index in [1.54, 1.807) is 11.8 Å². The molecule has 2 N–H and O–H groups in total. The minimum atomic E-state index is -1.36. The lowest BCUT2D eigenvalue weighted by Gasteiger charge is -2.05. The number of amides is 1. The monoisotopic (exact) mass is 344 g/mol. The molecule has 0 radical (unpaired) electrons. The van der Waals surface area contributed by atoms with Crippen LogP contribution in [0.4, 0.5) is 4.79 Å². The van der Waals surface area contributed by atoms with Crippen LogP contribution >= 0.6 is 11.8 Å². The van der Waals surface area contributed by atoms with Crippen LogP contribution in [-0.2, 0) is 12.3 Å². The summed E-state index contributed by atoms with van der Waals surface area (Å²) in [5, 5.41) is 20.9. The van der Waals surface area contributed by atoms with Gasteiger partial charge in [0.1, 0.15) is 11.5 Å². The first-order valence-corrected chi connectivity index (χ1v) is 7.97. The maximum atomic E-state index is 10.5. The second-order valence-corrected chi connectivity index (χ2v) is 6.01. The Labute approximate surface area is 137 Å². The fourth-order valence-corrected chi connectivity index (χ4v) is 2.41. The molecule has 0 aliphatic heterocycles. The van der Waals surface area contributed by atoms with E-state index in [2.05, 4.69) is 4.99 Å². The highest BCUT2D eigenvalue weighted by Crippen LogP contribution is 2.16. The largest absolute Gasteiger partial charge is 0.465 e. The molecule has 0 aliphatic rings. The van der Waals surface area contributed by atoms with E-state index >= 15 is 0 Å². The summed E-state index contributed by atoms with van der Waals surface area (Å²) in [7, 11) is 3.92. The van der Waals surface area contributed by atoms with Crippen molar-refractivity contribution in [2.24, 2.45) is 4.99 Å². The summed E-state index contributed by atoms with van der Waals surface area (Å²) in [6, 6.07) is 3.85. The molecule has 0 unspecified atom stereocenters. The van der Waals surface area contributed by atoms with Gasteiger partial charge in [0.15, 0.2) is 5.84 Å². The van der Waals surface area contributed by atoms with Crippen LogP contribution in [0.3, 0.4) is 0 Å². The van der Waals surface area contributed by atoms with Crippen LogP contribution in [-0.4, -0.2) is 59.8 Å². The number of nitrogens with one attached hydrogen (secondary N) is 1. The van der Waals surface area contributed by atoms with Crippen LogP contribution in [0, 0.1) is 10.1 Å². The Hall–Kier alpha value is -2.07. The predicted molar refractivity (Wildman–Crippen MR) is 87.6 cm³/mol. The molecule has 1 rings (SSSR count). The second-order valence-electron chi connectivity index (χ2n) is 4.91. The molecule has 0 atom stereocenters. The molecule has 1 amide bonds. The van der Waals surface area contributed by atoms with E-state index in [1.165, 1.54) is 0 Å². The zero-order chi connectivity index (χ0) is 17.2. The number of furan rings is 1. The number of hydrogen-bond acceptors (Lipinski definition) is 7. The standard InChI is InChI=1S/C13H20N4O5S/c1-16(2)7-10-3-4-11(22-10)9-23-6-5-14-12(8-17(20)21)15-13(18)19/h3-4H,5-9H2,1-2H3,(H,14,15)(H,18,19). The third kappa shape index (κ3) is 8.83. The van der Waals surface area contributed by atoms with Crippen LogP contribution in [0.15, 0.2) is 21.5 Å². The molecule has 0 aromatic carbocycles. The topological polar surface area (TPSA) is 121 Å². The molecule has 0 aliphatic carbocycles. The number of carboxylic acid groups (broad SMARTS) is 1. The fourth-order valence-electron chi connectivity index (χ4n) is 1.69. The van der Waals surface area contributed by atoms with Crippen LogP contribution in [0.5, 0.6) is 0 Å². The van der Waals surface area contributed by atoms with E-state index in [4.69, 9.17) is 9.52 Å². The predicted octanol–water partition coefficient (Wildman–Crippen LogP) is 1.52. The van der Waals surface area contributed by atoms with Gasteiger partial charge >= 0.3 is 6.09 Å². The first kappa shape index (κ1) is 19.0. The second kappa shape index (κ2) is 9.85. The van der Waals surface area contributed by atoms with Crippen LogP contribution in [0.2, 0.25) is 0 Å². The lowest BCUT2D eigenvalue weighted by atomic mass is 10.4. The average molecular weight is 344 g/mol. The fraction of sp³-hybridized carbons (Fsp3) is 0.538. The van der Waals surface area contributed by atoms with Crippen LogP contribution in [0.25, 0.3) is 0 Å². The highest BCUT2D eigenvalue weighted by molar-refractivity contribution is 7.98. The summed E-state index contributed by atoms with van der Waals surface area (Å²) < 4.78 is 5.65. The SMILES string of the molecule is CN(C)Cc1ccc(CSCCN=C(C[N+](=O)[O-])NC(=O)O)o1. The highest BCUT2D eigenvalue weighted by atomic mass is 32.2. The molecular weight excluding hydrogens is 324 g/mol. The molecule has 1 aromatic heterocycles. The van der Waals surface area contributed by atoms with Gasteiger partial charge in [0.25, 0.3) is 6.54 Å². The van der Waals surface area contributed by atoms with E-state index < -0.39 is 17.6 Å². The van der Waals surface area contributed by atoms with Gasteiger partial charge in [0.2, 0.25) is 0 Å².